The first-order valence-electron chi connectivity index (χ1n) is 11.0. The Kier molecular flexibility index (Phi) is 8.03. The molecule has 1 aliphatic carbocycles. The van der Waals surface area contributed by atoms with E-state index in [4.69, 9.17) is 0 Å². The second-order valence-corrected chi connectivity index (χ2v) is 9.00. The second kappa shape index (κ2) is 10.3. The van der Waals surface area contributed by atoms with Crippen molar-refractivity contribution in [2.24, 2.45) is 16.3 Å². The van der Waals surface area contributed by atoms with Crippen molar-refractivity contribution in [3.05, 3.63) is 35.9 Å². The molecule has 28 heavy (non-hydrogen) atoms. The van der Waals surface area contributed by atoms with Crippen LogP contribution < -0.4 is 5.32 Å². The maximum absolute atomic E-state index is 4.60. The number of nitrogens with zero attached hydrogens (tertiary/aromatic N) is 3. The van der Waals surface area contributed by atoms with Crippen molar-refractivity contribution in [3.8, 4) is 0 Å². The van der Waals surface area contributed by atoms with Crippen LogP contribution in [0.3, 0.4) is 0 Å². The van der Waals surface area contributed by atoms with E-state index in [1.807, 2.05) is 7.05 Å². The Morgan fingerprint density at radius 2 is 1.93 bits per heavy atom. The third-order valence-corrected chi connectivity index (χ3v) is 7.09. The van der Waals surface area contributed by atoms with Crippen molar-refractivity contribution < 1.29 is 0 Å². The molecule has 2 aliphatic heterocycles. The van der Waals surface area contributed by atoms with Crippen molar-refractivity contribution in [3.63, 3.8) is 0 Å². The number of hydrogen-bond acceptors (Lipinski definition) is 2. The number of likely N-dealkylation sites (tertiary alicyclic amines) is 2. The smallest absolute Gasteiger partial charge is 0.193 e. The minimum atomic E-state index is 0. The monoisotopic (exact) mass is 496 g/mol. The summed E-state index contributed by atoms with van der Waals surface area (Å²) in [5, 5.41) is 3.70. The van der Waals surface area contributed by atoms with Crippen LogP contribution in [0.25, 0.3) is 0 Å². The lowest BCUT2D eigenvalue weighted by Crippen LogP contribution is -2.43. The second-order valence-electron chi connectivity index (χ2n) is 9.00. The van der Waals surface area contributed by atoms with Gasteiger partial charge in [0.15, 0.2) is 5.96 Å². The van der Waals surface area contributed by atoms with Gasteiger partial charge in [0.05, 0.1) is 0 Å². The Morgan fingerprint density at radius 1 is 1.14 bits per heavy atom. The molecule has 1 saturated carbocycles. The molecule has 3 aliphatic rings. The average Bonchev–Trinajstić information content (AvgIpc) is 3.45. The third kappa shape index (κ3) is 5.41. The highest BCUT2D eigenvalue weighted by Crippen LogP contribution is 2.45. The molecule has 0 amide bonds. The summed E-state index contributed by atoms with van der Waals surface area (Å²) >= 11 is 0. The SMILES string of the molecule is CN=C(NCC1CCN(CCc2ccccc2)C1)N1CCC2(CCCC2)C1.I. The van der Waals surface area contributed by atoms with Gasteiger partial charge in [0.25, 0.3) is 0 Å². The zero-order chi connectivity index (χ0) is 18.5. The van der Waals surface area contributed by atoms with Gasteiger partial charge in [-0.1, -0.05) is 43.2 Å². The molecule has 5 heteroatoms. The van der Waals surface area contributed by atoms with E-state index in [0.29, 0.717) is 5.41 Å². The summed E-state index contributed by atoms with van der Waals surface area (Å²) in [6.07, 6.45) is 9.56. The number of guanidine groups is 1. The molecule has 1 N–H and O–H groups in total. The molecule has 2 saturated heterocycles. The summed E-state index contributed by atoms with van der Waals surface area (Å²) < 4.78 is 0. The van der Waals surface area contributed by atoms with Gasteiger partial charge in [0, 0.05) is 39.8 Å². The minimum Gasteiger partial charge on any atom is -0.356 e. The van der Waals surface area contributed by atoms with Crippen LogP contribution >= 0.6 is 24.0 Å². The number of hydrogen-bond donors (Lipinski definition) is 1. The summed E-state index contributed by atoms with van der Waals surface area (Å²) in [4.78, 5) is 9.75. The first-order chi connectivity index (χ1) is 13.3. The molecular weight excluding hydrogens is 459 g/mol. The fraction of sp³-hybridized carbons (Fsp3) is 0.696. The van der Waals surface area contributed by atoms with Crippen molar-refractivity contribution in [1.29, 1.82) is 0 Å². The van der Waals surface area contributed by atoms with Crippen LogP contribution in [-0.4, -0.2) is 62.1 Å². The normalized spacial score (nSPS) is 24.7. The van der Waals surface area contributed by atoms with Crippen molar-refractivity contribution in [2.75, 3.05) is 46.3 Å². The van der Waals surface area contributed by atoms with Gasteiger partial charge >= 0.3 is 0 Å². The minimum absolute atomic E-state index is 0. The Bertz CT molecular complexity index is 627. The molecule has 3 fully saturated rings. The average molecular weight is 496 g/mol. The van der Waals surface area contributed by atoms with Gasteiger partial charge in [-0.05, 0) is 55.5 Å². The Balaban J connectivity index is 0.00000225. The van der Waals surface area contributed by atoms with E-state index in [2.05, 4.69) is 50.4 Å². The van der Waals surface area contributed by atoms with E-state index < -0.39 is 0 Å². The summed E-state index contributed by atoms with van der Waals surface area (Å²) in [7, 11) is 1.95. The number of halogens is 1. The van der Waals surface area contributed by atoms with Crippen molar-refractivity contribution >= 4 is 29.9 Å². The fourth-order valence-corrected chi connectivity index (χ4v) is 5.43. The van der Waals surface area contributed by atoms with Gasteiger partial charge in [0.1, 0.15) is 0 Å². The van der Waals surface area contributed by atoms with Crippen LogP contribution in [0, 0.1) is 11.3 Å². The topological polar surface area (TPSA) is 30.9 Å². The highest BCUT2D eigenvalue weighted by atomic mass is 127. The molecule has 2 heterocycles. The standard InChI is InChI=1S/C23H36N4.HI/c1-24-22(27-16-13-23(19-27)11-5-6-12-23)25-17-21-10-15-26(18-21)14-9-20-7-3-2-4-8-20;/h2-4,7-8,21H,5-6,9-19H2,1H3,(H,24,25);1H. The highest BCUT2D eigenvalue weighted by molar-refractivity contribution is 14.0. The first kappa shape index (κ1) is 21.9. The Morgan fingerprint density at radius 3 is 2.68 bits per heavy atom. The molecule has 0 radical (unpaired) electrons. The Labute approximate surface area is 188 Å². The van der Waals surface area contributed by atoms with E-state index >= 15 is 0 Å². The molecular formula is C23H37IN4. The molecule has 156 valence electrons. The lowest BCUT2D eigenvalue weighted by Gasteiger charge is -2.26. The quantitative estimate of drug-likeness (QED) is 0.380. The molecule has 4 rings (SSSR count). The maximum atomic E-state index is 4.60. The summed E-state index contributed by atoms with van der Waals surface area (Å²) in [6, 6.07) is 10.9. The number of benzene rings is 1. The lowest BCUT2D eigenvalue weighted by atomic mass is 9.86. The molecule has 1 aromatic carbocycles. The maximum Gasteiger partial charge on any atom is 0.193 e. The molecule has 4 nitrogen and oxygen atoms in total. The summed E-state index contributed by atoms with van der Waals surface area (Å²) in [5.74, 6) is 1.89. The van der Waals surface area contributed by atoms with Gasteiger partial charge in [-0.25, -0.2) is 0 Å². The highest BCUT2D eigenvalue weighted by Gasteiger charge is 2.41. The fourth-order valence-electron chi connectivity index (χ4n) is 5.43. The van der Waals surface area contributed by atoms with E-state index in [9.17, 15) is 0 Å². The third-order valence-electron chi connectivity index (χ3n) is 7.09. The summed E-state index contributed by atoms with van der Waals surface area (Å²) in [6.45, 7) is 7.13. The van der Waals surface area contributed by atoms with Gasteiger partial charge in [-0.3, -0.25) is 4.99 Å². The van der Waals surface area contributed by atoms with Crippen molar-refractivity contribution in [2.45, 2.75) is 44.9 Å². The van der Waals surface area contributed by atoms with E-state index in [1.165, 1.54) is 83.2 Å². The Hall–Kier alpha value is -0.820. The number of aliphatic imine (C=N–C) groups is 1. The molecule has 0 bridgehead atoms. The van der Waals surface area contributed by atoms with Gasteiger partial charge in [-0.15, -0.1) is 24.0 Å². The zero-order valence-corrected chi connectivity index (χ0v) is 19.7. The predicted molar refractivity (Wildman–Crippen MR) is 129 cm³/mol. The molecule has 1 atom stereocenters. The largest absolute Gasteiger partial charge is 0.356 e. The van der Waals surface area contributed by atoms with Crippen LogP contribution in [0.1, 0.15) is 44.1 Å². The number of nitrogens with one attached hydrogen (secondary N) is 1. The van der Waals surface area contributed by atoms with Crippen molar-refractivity contribution in [1.82, 2.24) is 15.1 Å². The summed E-state index contributed by atoms with van der Waals surface area (Å²) in [5.41, 5.74) is 2.06. The molecule has 0 aromatic heterocycles. The lowest BCUT2D eigenvalue weighted by molar-refractivity contribution is 0.307. The first-order valence-corrected chi connectivity index (χ1v) is 11.0. The zero-order valence-electron chi connectivity index (χ0n) is 17.4. The molecule has 1 unspecified atom stereocenters. The molecule has 1 aromatic rings. The van der Waals surface area contributed by atoms with Crippen LogP contribution in [0.4, 0.5) is 0 Å². The predicted octanol–water partition coefficient (Wildman–Crippen LogP) is 4.01. The van der Waals surface area contributed by atoms with E-state index in [-0.39, 0.29) is 24.0 Å². The van der Waals surface area contributed by atoms with Crippen LogP contribution in [-0.2, 0) is 6.42 Å². The van der Waals surface area contributed by atoms with E-state index in [1.54, 1.807) is 0 Å². The van der Waals surface area contributed by atoms with Crippen LogP contribution in [0.5, 0.6) is 0 Å². The van der Waals surface area contributed by atoms with E-state index in [0.717, 1.165) is 18.4 Å². The van der Waals surface area contributed by atoms with Crippen LogP contribution in [0.15, 0.2) is 35.3 Å². The van der Waals surface area contributed by atoms with Crippen LogP contribution in [0.2, 0.25) is 0 Å². The molecule has 1 spiro atoms. The number of rotatable bonds is 5. The van der Waals surface area contributed by atoms with Gasteiger partial charge in [0.2, 0.25) is 0 Å². The van der Waals surface area contributed by atoms with Gasteiger partial charge < -0.3 is 15.1 Å². The van der Waals surface area contributed by atoms with Gasteiger partial charge in [-0.2, -0.15) is 0 Å².